The molecule has 86 valence electrons. The molecule has 1 atom stereocenters. The first-order chi connectivity index (χ1) is 7.75. The summed E-state index contributed by atoms with van der Waals surface area (Å²) in [5.74, 6) is 0.230. The fourth-order valence-electron chi connectivity index (χ4n) is 1.42. The van der Waals surface area contributed by atoms with Crippen LogP contribution in [0.4, 0.5) is 5.82 Å². The van der Waals surface area contributed by atoms with Crippen LogP contribution in [-0.2, 0) is 9.53 Å². The van der Waals surface area contributed by atoms with E-state index in [9.17, 15) is 4.79 Å². The maximum atomic E-state index is 11.7. The van der Waals surface area contributed by atoms with Crippen molar-refractivity contribution in [3.8, 4) is 0 Å². The number of anilines is 1. The van der Waals surface area contributed by atoms with Crippen LogP contribution >= 0.6 is 11.6 Å². The molecule has 6 heteroatoms. The smallest absolute Gasteiger partial charge is 0.255 e. The molecule has 0 aliphatic carbocycles. The lowest BCUT2D eigenvalue weighted by molar-refractivity contribution is -0.128. The number of carbonyl (C=O) groups is 1. The van der Waals surface area contributed by atoms with Crippen molar-refractivity contribution in [2.75, 3.05) is 25.0 Å². The molecule has 5 nitrogen and oxygen atoms in total. The number of carbonyl (C=O) groups excluding carboxylic acids is 1. The van der Waals surface area contributed by atoms with Crippen LogP contribution in [0.5, 0.6) is 0 Å². The van der Waals surface area contributed by atoms with E-state index in [1.807, 2.05) is 0 Å². The van der Waals surface area contributed by atoms with Crippen LogP contribution in [0.1, 0.15) is 0 Å². The van der Waals surface area contributed by atoms with Crippen molar-refractivity contribution < 1.29 is 9.53 Å². The number of nitrogens with zero attached hydrogens (tertiary/aromatic N) is 1. The van der Waals surface area contributed by atoms with E-state index in [4.69, 9.17) is 16.3 Å². The molecule has 1 aliphatic rings. The van der Waals surface area contributed by atoms with E-state index in [0.717, 1.165) is 6.54 Å². The molecule has 1 amide bonds. The summed E-state index contributed by atoms with van der Waals surface area (Å²) in [6.45, 7) is 1.84. The molecule has 0 radical (unpaired) electrons. The number of pyridine rings is 1. The number of rotatable bonds is 2. The molecule has 0 bridgehead atoms. The first-order valence-corrected chi connectivity index (χ1v) is 5.39. The Morgan fingerprint density at radius 3 is 3.19 bits per heavy atom. The van der Waals surface area contributed by atoms with Crippen LogP contribution in [-0.4, -0.2) is 36.7 Å². The molecule has 0 spiro atoms. The molecule has 2 N–H and O–H groups in total. The summed E-state index contributed by atoms with van der Waals surface area (Å²) in [5, 5.41) is 6.08. The highest BCUT2D eigenvalue weighted by atomic mass is 35.5. The highest BCUT2D eigenvalue weighted by molar-refractivity contribution is 6.29. The zero-order valence-electron chi connectivity index (χ0n) is 8.57. The van der Waals surface area contributed by atoms with Gasteiger partial charge >= 0.3 is 0 Å². The van der Waals surface area contributed by atoms with Gasteiger partial charge in [-0.3, -0.25) is 4.79 Å². The molecule has 2 heterocycles. The zero-order chi connectivity index (χ0) is 11.4. The number of hydrogen-bond acceptors (Lipinski definition) is 4. The Bertz CT molecular complexity index is 380. The van der Waals surface area contributed by atoms with Crippen LogP contribution in [0.3, 0.4) is 0 Å². The first kappa shape index (κ1) is 11.3. The molecular weight excluding hydrogens is 230 g/mol. The van der Waals surface area contributed by atoms with Gasteiger partial charge < -0.3 is 15.4 Å². The normalized spacial score (nSPS) is 20.4. The second-order valence-electron chi connectivity index (χ2n) is 3.40. The minimum absolute atomic E-state index is 0.207. The van der Waals surface area contributed by atoms with Gasteiger partial charge in [-0.25, -0.2) is 4.98 Å². The topological polar surface area (TPSA) is 63.2 Å². The molecule has 0 saturated carbocycles. The predicted molar refractivity (Wildman–Crippen MR) is 60.5 cm³/mol. The fraction of sp³-hybridized carbons (Fsp3) is 0.400. The summed E-state index contributed by atoms with van der Waals surface area (Å²) < 4.78 is 5.31. The summed E-state index contributed by atoms with van der Waals surface area (Å²) in [6, 6.07) is 5.06. The third-order valence-electron chi connectivity index (χ3n) is 2.19. The van der Waals surface area contributed by atoms with E-state index in [-0.39, 0.29) is 5.91 Å². The quantitative estimate of drug-likeness (QED) is 0.747. The van der Waals surface area contributed by atoms with E-state index < -0.39 is 6.10 Å². The largest absolute Gasteiger partial charge is 0.366 e. The van der Waals surface area contributed by atoms with Crippen LogP contribution in [0.2, 0.25) is 5.15 Å². The first-order valence-electron chi connectivity index (χ1n) is 5.01. The summed E-state index contributed by atoms with van der Waals surface area (Å²) in [4.78, 5) is 15.7. The van der Waals surface area contributed by atoms with Crippen LogP contribution < -0.4 is 10.6 Å². The maximum Gasteiger partial charge on any atom is 0.255 e. The average molecular weight is 242 g/mol. The third kappa shape index (κ3) is 2.91. The zero-order valence-corrected chi connectivity index (χ0v) is 9.33. The summed E-state index contributed by atoms with van der Waals surface area (Å²) in [5.41, 5.74) is 0. The standard InChI is InChI=1S/C10H12ClN3O2/c11-8-2-1-3-9(13-8)14-10(15)7-6-12-4-5-16-7/h1-3,7,12H,4-6H2,(H,13,14,15). The van der Waals surface area contributed by atoms with Crippen molar-refractivity contribution in [3.63, 3.8) is 0 Å². The van der Waals surface area contributed by atoms with E-state index >= 15 is 0 Å². The molecule has 0 aromatic carbocycles. The minimum Gasteiger partial charge on any atom is -0.366 e. The number of halogens is 1. The molecule has 2 rings (SSSR count). The van der Waals surface area contributed by atoms with E-state index in [1.54, 1.807) is 18.2 Å². The van der Waals surface area contributed by atoms with E-state index in [2.05, 4.69) is 15.6 Å². The number of morpholine rings is 1. The average Bonchev–Trinajstić information content (AvgIpc) is 2.30. The Morgan fingerprint density at radius 1 is 1.62 bits per heavy atom. The highest BCUT2D eigenvalue weighted by Crippen LogP contribution is 2.10. The molecule has 1 fully saturated rings. The Kier molecular flexibility index (Phi) is 3.71. The van der Waals surface area contributed by atoms with Gasteiger partial charge in [0.25, 0.3) is 5.91 Å². The Hall–Kier alpha value is -1.17. The number of hydrogen-bond donors (Lipinski definition) is 2. The number of aromatic nitrogens is 1. The third-order valence-corrected chi connectivity index (χ3v) is 2.40. The monoisotopic (exact) mass is 241 g/mol. The summed E-state index contributed by atoms with van der Waals surface area (Å²) in [7, 11) is 0. The van der Waals surface area contributed by atoms with Crippen molar-refractivity contribution in [1.82, 2.24) is 10.3 Å². The van der Waals surface area contributed by atoms with E-state index in [0.29, 0.717) is 24.1 Å². The van der Waals surface area contributed by atoms with Gasteiger partial charge in [0.05, 0.1) is 6.61 Å². The highest BCUT2D eigenvalue weighted by Gasteiger charge is 2.21. The van der Waals surface area contributed by atoms with Crippen molar-refractivity contribution in [2.24, 2.45) is 0 Å². The fourth-order valence-corrected chi connectivity index (χ4v) is 1.58. The van der Waals surface area contributed by atoms with Gasteiger partial charge in [-0.05, 0) is 12.1 Å². The van der Waals surface area contributed by atoms with Crippen LogP contribution in [0.15, 0.2) is 18.2 Å². The molecule has 16 heavy (non-hydrogen) atoms. The Labute approximate surface area is 98.1 Å². The second-order valence-corrected chi connectivity index (χ2v) is 3.79. The number of ether oxygens (including phenoxy) is 1. The molecular formula is C10H12ClN3O2. The van der Waals surface area contributed by atoms with E-state index in [1.165, 1.54) is 0 Å². The van der Waals surface area contributed by atoms with Crippen molar-refractivity contribution in [1.29, 1.82) is 0 Å². The van der Waals surface area contributed by atoms with Crippen LogP contribution in [0.25, 0.3) is 0 Å². The summed E-state index contributed by atoms with van der Waals surface area (Å²) >= 11 is 5.71. The lowest BCUT2D eigenvalue weighted by Gasteiger charge is -2.22. The lowest BCUT2D eigenvalue weighted by Crippen LogP contribution is -2.45. The van der Waals surface area contributed by atoms with Crippen molar-refractivity contribution in [3.05, 3.63) is 23.4 Å². The minimum atomic E-state index is -0.463. The Balaban J connectivity index is 1.96. The van der Waals surface area contributed by atoms with Gasteiger partial charge in [0.2, 0.25) is 0 Å². The predicted octanol–water partition coefficient (Wildman–Crippen LogP) is 0.662. The van der Waals surface area contributed by atoms with Gasteiger partial charge in [-0.1, -0.05) is 17.7 Å². The van der Waals surface area contributed by atoms with Crippen molar-refractivity contribution >= 4 is 23.3 Å². The molecule has 1 aromatic rings. The second kappa shape index (κ2) is 5.25. The van der Waals surface area contributed by atoms with Gasteiger partial charge in [-0.2, -0.15) is 0 Å². The molecule has 1 aromatic heterocycles. The maximum absolute atomic E-state index is 11.7. The SMILES string of the molecule is O=C(Nc1cccc(Cl)n1)C1CNCCO1. The summed E-state index contributed by atoms with van der Waals surface area (Å²) in [6.07, 6.45) is -0.463. The van der Waals surface area contributed by atoms with Gasteiger partial charge in [0, 0.05) is 13.1 Å². The number of nitrogens with one attached hydrogen (secondary N) is 2. The number of amides is 1. The van der Waals surface area contributed by atoms with Gasteiger partial charge in [0.15, 0.2) is 0 Å². The lowest BCUT2D eigenvalue weighted by atomic mass is 10.3. The van der Waals surface area contributed by atoms with Crippen LogP contribution in [0, 0.1) is 0 Å². The Morgan fingerprint density at radius 2 is 2.50 bits per heavy atom. The molecule has 1 aliphatic heterocycles. The van der Waals surface area contributed by atoms with Gasteiger partial charge in [-0.15, -0.1) is 0 Å². The molecule has 1 unspecified atom stereocenters. The molecule has 1 saturated heterocycles. The van der Waals surface area contributed by atoms with Gasteiger partial charge in [0.1, 0.15) is 17.1 Å². The van der Waals surface area contributed by atoms with Crippen molar-refractivity contribution in [2.45, 2.75) is 6.10 Å².